The Morgan fingerprint density at radius 1 is 1.16 bits per heavy atom. The van der Waals surface area contributed by atoms with E-state index in [1.165, 1.54) is 6.21 Å². The second-order valence-corrected chi connectivity index (χ2v) is 6.47. The summed E-state index contributed by atoms with van der Waals surface area (Å²) < 4.78 is 6.39. The van der Waals surface area contributed by atoms with Gasteiger partial charge in [0.15, 0.2) is 6.61 Å². The van der Waals surface area contributed by atoms with Crippen LogP contribution in [0.3, 0.4) is 0 Å². The molecule has 0 aliphatic carbocycles. The maximum atomic E-state index is 11.9. The van der Waals surface area contributed by atoms with Gasteiger partial charge >= 0.3 is 0 Å². The smallest absolute Gasteiger partial charge is 0.277 e. The van der Waals surface area contributed by atoms with E-state index in [0.29, 0.717) is 10.8 Å². The van der Waals surface area contributed by atoms with Crippen LogP contribution in [0.5, 0.6) is 5.75 Å². The molecule has 0 spiro atoms. The Labute approximate surface area is 158 Å². The van der Waals surface area contributed by atoms with Crippen molar-refractivity contribution in [3.63, 3.8) is 0 Å². The van der Waals surface area contributed by atoms with E-state index in [1.54, 1.807) is 12.1 Å². The summed E-state index contributed by atoms with van der Waals surface area (Å²) in [6.07, 6.45) is 1.52. The third kappa shape index (κ3) is 4.59. The van der Waals surface area contributed by atoms with Crippen molar-refractivity contribution in [2.45, 2.75) is 0 Å². The second-order valence-electron chi connectivity index (χ2n) is 5.24. The lowest BCUT2D eigenvalue weighted by Gasteiger charge is -2.09. The fourth-order valence-electron chi connectivity index (χ4n) is 2.27. The van der Waals surface area contributed by atoms with Gasteiger partial charge in [-0.3, -0.25) is 4.79 Å². The van der Waals surface area contributed by atoms with Crippen LogP contribution in [-0.2, 0) is 4.79 Å². The van der Waals surface area contributed by atoms with Crippen molar-refractivity contribution in [1.29, 1.82) is 0 Å². The van der Waals surface area contributed by atoms with Gasteiger partial charge in [0.1, 0.15) is 5.75 Å². The first-order valence-corrected chi connectivity index (χ1v) is 8.68. The number of ether oxygens (including phenoxy) is 1. The third-order valence-corrected chi connectivity index (χ3v) is 4.49. The third-order valence-electron chi connectivity index (χ3n) is 3.44. The van der Waals surface area contributed by atoms with Crippen LogP contribution < -0.4 is 10.2 Å². The van der Waals surface area contributed by atoms with E-state index in [0.717, 1.165) is 20.8 Å². The SMILES string of the molecule is O=C(COc1ccc2ccccc2c1Br)NN=Cc1cccc(Cl)c1. The van der Waals surface area contributed by atoms with Gasteiger partial charge in [0.05, 0.1) is 10.7 Å². The summed E-state index contributed by atoms with van der Waals surface area (Å²) in [5, 5.41) is 6.63. The molecule has 25 heavy (non-hydrogen) atoms. The minimum absolute atomic E-state index is 0.135. The summed E-state index contributed by atoms with van der Waals surface area (Å²) in [4.78, 5) is 11.9. The summed E-state index contributed by atoms with van der Waals surface area (Å²) in [5.41, 5.74) is 3.22. The minimum atomic E-state index is -0.349. The first kappa shape index (κ1) is 17.5. The zero-order valence-corrected chi connectivity index (χ0v) is 15.4. The van der Waals surface area contributed by atoms with E-state index in [1.807, 2.05) is 48.5 Å². The zero-order chi connectivity index (χ0) is 17.6. The summed E-state index contributed by atoms with van der Waals surface area (Å²) in [7, 11) is 0. The molecule has 0 aromatic heterocycles. The lowest BCUT2D eigenvalue weighted by Crippen LogP contribution is -2.24. The highest BCUT2D eigenvalue weighted by molar-refractivity contribution is 9.10. The first-order valence-electron chi connectivity index (χ1n) is 7.51. The number of halogens is 2. The van der Waals surface area contributed by atoms with E-state index >= 15 is 0 Å². The van der Waals surface area contributed by atoms with Crippen LogP contribution in [0.15, 0.2) is 70.2 Å². The largest absolute Gasteiger partial charge is 0.483 e. The van der Waals surface area contributed by atoms with Crippen molar-refractivity contribution < 1.29 is 9.53 Å². The van der Waals surface area contributed by atoms with Crippen LogP contribution in [0.25, 0.3) is 10.8 Å². The zero-order valence-electron chi connectivity index (χ0n) is 13.1. The Balaban J connectivity index is 1.58. The van der Waals surface area contributed by atoms with Crippen molar-refractivity contribution in [1.82, 2.24) is 5.43 Å². The van der Waals surface area contributed by atoms with Crippen LogP contribution in [0.1, 0.15) is 5.56 Å². The molecule has 0 fully saturated rings. The quantitative estimate of drug-likeness (QED) is 0.479. The fourth-order valence-corrected chi connectivity index (χ4v) is 3.07. The molecule has 0 bridgehead atoms. The molecule has 0 saturated carbocycles. The van der Waals surface area contributed by atoms with Gasteiger partial charge in [-0.05, 0) is 50.5 Å². The number of hydrogen-bond acceptors (Lipinski definition) is 3. The van der Waals surface area contributed by atoms with Crippen LogP contribution in [0.4, 0.5) is 0 Å². The minimum Gasteiger partial charge on any atom is -0.483 e. The molecule has 3 rings (SSSR count). The number of nitrogens with zero attached hydrogens (tertiary/aromatic N) is 1. The molecule has 0 radical (unpaired) electrons. The Kier molecular flexibility index (Phi) is 5.68. The number of carbonyl (C=O) groups excluding carboxylic acids is 1. The normalized spacial score (nSPS) is 11.0. The van der Waals surface area contributed by atoms with Gasteiger partial charge in [-0.1, -0.05) is 54.1 Å². The number of benzene rings is 3. The highest BCUT2D eigenvalue weighted by atomic mass is 79.9. The van der Waals surface area contributed by atoms with E-state index in [2.05, 4.69) is 26.5 Å². The topological polar surface area (TPSA) is 50.7 Å². The highest BCUT2D eigenvalue weighted by Crippen LogP contribution is 2.32. The van der Waals surface area contributed by atoms with Crippen molar-refractivity contribution >= 4 is 50.4 Å². The molecule has 6 heteroatoms. The second kappa shape index (κ2) is 8.14. The van der Waals surface area contributed by atoms with E-state index < -0.39 is 0 Å². The summed E-state index contributed by atoms with van der Waals surface area (Å²) in [5.74, 6) is 0.256. The average molecular weight is 418 g/mol. The van der Waals surface area contributed by atoms with Gasteiger partial charge in [0.25, 0.3) is 5.91 Å². The number of hydrogen-bond donors (Lipinski definition) is 1. The average Bonchev–Trinajstić information content (AvgIpc) is 2.61. The predicted octanol–water partition coefficient (Wildman–Crippen LogP) is 4.78. The highest BCUT2D eigenvalue weighted by Gasteiger charge is 2.08. The van der Waals surface area contributed by atoms with E-state index in [4.69, 9.17) is 16.3 Å². The molecule has 0 aliphatic heterocycles. The van der Waals surface area contributed by atoms with Crippen LogP contribution >= 0.6 is 27.5 Å². The Bertz CT molecular complexity index is 944. The monoisotopic (exact) mass is 416 g/mol. The van der Waals surface area contributed by atoms with Crippen LogP contribution in [0, 0.1) is 0 Å². The number of carbonyl (C=O) groups is 1. The Hall–Kier alpha value is -2.37. The number of rotatable bonds is 5. The molecular weight excluding hydrogens is 404 g/mol. The number of fused-ring (bicyclic) bond motifs is 1. The summed E-state index contributed by atoms with van der Waals surface area (Å²) >= 11 is 9.41. The lowest BCUT2D eigenvalue weighted by atomic mass is 10.1. The fraction of sp³-hybridized carbons (Fsp3) is 0.0526. The van der Waals surface area contributed by atoms with Crippen molar-refractivity contribution in [3.8, 4) is 5.75 Å². The van der Waals surface area contributed by atoms with E-state index in [-0.39, 0.29) is 12.5 Å². The molecule has 0 unspecified atom stereocenters. The van der Waals surface area contributed by atoms with Gasteiger partial charge in [-0.15, -0.1) is 0 Å². The number of hydrazone groups is 1. The van der Waals surface area contributed by atoms with Crippen LogP contribution in [-0.4, -0.2) is 18.7 Å². The van der Waals surface area contributed by atoms with Gasteiger partial charge in [0, 0.05) is 5.02 Å². The molecule has 0 saturated heterocycles. The maximum Gasteiger partial charge on any atom is 0.277 e. The van der Waals surface area contributed by atoms with Gasteiger partial charge in [-0.2, -0.15) is 5.10 Å². The van der Waals surface area contributed by atoms with Crippen molar-refractivity contribution in [2.24, 2.45) is 5.10 Å². The standard InChI is InChI=1S/C19H14BrClN2O2/c20-19-16-7-2-1-5-14(16)8-9-17(19)25-12-18(24)23-22-11-13-4-3-6-15(21)10-13/h1-11H,12H2,(H,23,24). The van der Waals surface area contributed by atoms with Gasteiger partial charge < -0.3 is 4.74 Å². The molecule has 0 heterocycles. The van der Waals surface area contributed by atoms with Crippen molar-refractivity contribution in [2.75, 3.05) is 6.61 Å². The number of nitrogens with one attached hydrogen (secondary N) is 1. The predicted molar refractivity (Wildman–Crippen MR) is 104 cm³/mol. The molecule has 126 valence electrons. The van der Waals surface area contributed by atoms with Gasteiger partial charge in [-0.25, -0.2) is 5.43 Å². The Morgan fingerprint density at radius 3 is 2.84 bits per heavy atom. The summed E-state index contributed by atoms with van der Waals surface area (Å²) in [6, 6.07) is 18.9. The van der Waals surface area contributed by atoms with E-state index in [9.17, 15) is 4.79 Å². The maximum absolute atomic E-state index is 11.9. The van der Waals surface area contributed by atoms with Crippen molar-refractivity contribution in [3.05, 3.63) is 75.7 Å². The molecule has 4 nitrogen and oxygen atoms in total. The van der Waals surface area contributed by atoms with Gasteiger partial charge in [0.2, 0.25) is 0 Å². The Morgan fingerprint density at radius 2 is 2.00 bits per heavy atom. The van der Waals surface area contributed by atoms with Crippen LogP contribution in [0.2, 0.25) is 5.02 Å². The molecule has 3 aromatic rings. The first-order chi connectivity index (χ1) is 12.1. The summed E-state index contributed by atoms with van der Waals surface area (Å²) in [6.45, 7) is -0.135. The molecule has 1 N–H and O–H groups in total. The number of amides is 1. The molecule has 1 amide bonds. The lowest BCUT2D eigenvalue weighted by molar-refractivity contribution is -0.123. The molecule has 0 aliphatic rings. The molecule has 0 atom stereocenters. The molecule has 3 aromatic carbocycles. The molecular formula is C19H14BrClN2O2.